The maximum absolute atomic E-state index is 14.3. The van der Waals surface area contributed by atoms with Crippen LogP contribution in [0.25, 0.3) is 11.1 Å². The lowest BCUT2D eigenvalue weighted by Gasteiger charge is -2.32. The third kappa shape index (κ3) is 6.15. The van der Waals surface area contributed by atoms with Crippen LogP contribution in [0.5, 0.6) is 0 Å². The van der Waals surface area contributed by atoms with E-state index in [-0.39, 0.29) is 11.1 Å². The maximum atomic E-state index is 14.3. The lowest BCUT2D eigenvalue weighted by Crippen LogP contribution is -2.42. The molecule has 0 aliphatic heterocycles. The van der Waals surface area contributed by atoms with E-state index in [0.717, 1.165) is 49.9 Å². The molecule has 0 radical (unpaired) electrons. The fraction of sp³-hybridized carbons (Fsp3) is 0.560. The Kier molecular flexibility index (Phi) is 7.87. The molecule has 0 saturated heterocycles. The summed E-state index contributed by atoms with van der Waals surface area (Å²) in [7, 11) is 1.73. The number of anilines is 2. The predicted octanol–water partition coefficient (Wildman–Crippen LogP) is 5.00. The van der Waals surface area contributed by atoms with Crippen molar-refractivity contribution in [3.05, 3.63) is 35.5 Å². The molecule has 182 valence electrons. The zero-order valence-corrected chi connectivity index (χ0v) is 20.5. The fourth-order valence-corrected chi connectivity index (χ4v) is 4.73. The Morgan fingerprint density at radius 3 is 2.62 bits per heavy atom. The van der Waals surface area contributed by atoms with Gasteiger partial charge in [0.25, 0.3) is 0 Å². The van der Waals surface area contributed by atoms with Crippen molar-refractivity contribution in [3.8, 4) is 17.2 Å². The summed E-state index contributed by atoms with van der Waals surface area (Å²) in [6.07, 6.45) is 9.03. The van der Waals surface area contributed by atoms with Crippen molar-refractivity contribution in [2.24, 2.45) is 5.41 Å². The first kappa shape index (κ1) is 24.6. The van der Waals surface area contributed by atoms with Crippen LogP contribution in [0.15, 0.2) is 24.5 Å². The van der Waals surface area contributed by atoms with Crippen LogP contribution >= 0.6 is 11.6 Å². The minimum absolute atomic E-state index is 0.273. The zero-order chi connectivity index (χ0) is 24.1. The summed E-state index contributed by atoms with van der Waals surface area (Å²) >= 11 is 6.45. The molecule has 7 nitrogen and oxygen atoms in total. The van der Waals surface area contributed by atoms with Crippen LogP contribution < -0.4 is 16.0 Å². The normalized spacial score (nSPS) is 22.0. The van der Waals surface area contributed by atoms with Crippen molar-refractivity contribution < 1.29 is 9.13 Å². The summed E-state index contributed by atoms with van der Waals surface area (Å²) in [5, 5.41) is 20.0. The van der Waals surface area contributed by atoms with E-state index >= 15 is 0 Å². The highest BCUT2D eigenvalue weighted by molar-refractivity contribution is 6.33. The second-order valence-electron chi connectivity index (χ2n) is 9.57. The molecule has 2 aromatic rings. The number of pyridine rings is 2. The SMILES string of the molecule is COC[C@H](C)NC1CCC(Nc2cc(-c3cnc(F)c(NCC4(C#N)CC4)c3)c(Cl)cn2)CC1. The molecular weight excluding hydrogens is 455 g/mol. The first-order valence-corrected chi connectivity index (χ1v) is 12.3. The van der Waals surface area contributed by atoms with Crippen LogP contribution in [0.4, 0.5) is 15.9 Å². The number of hydrogen-bond donors (Lipinski definition) is 3. The van der Waals surface area contributed by atoms with E-state index < -0.39 is 5.95 Å². The second-order valence-corrected chi connectivity index (χ2v) is 9.98. The van der Waals surface area contributed by atoms with Gasteiger partial charge in [-0.3, -0.25) is 0 Å². The molecule has 0 unspecified atom stereocenters. The van der Waals surface area contributed by atoms with Crippen LogP contribution in [0.3, 0.4) is 0 Å². The standard InChI is InChI=1S/C25H32ClFN6O/c1-16(13-34-2)32-18-3-5-19(6-4-18)33-23-10-20(21(26)12-29-23)17-9-22(24(27)30-11-17)31-15-25(14-28)7-8-25/h9-12,16,18-19,31-32H,3-8,13,15H2,1-2H3,(H,29,33)/t16-,18?,19?/m0/s1. The number of nitrogens with zero attached hydrogens (tertiary/aromatic N) is 3. The van der Waals surface area contributed by atoms with Gasteiger partial charge in [0.15, 0.2) is 0 Å². The molecule has 0 spiro atoms. The van der Waals surface area contributed by atoms with Gasteiger partial charge in [0.1, 0.15) is 5.82 Å². The van der Waals surface area contributed by atoms with Crippen LogP contribution in [0.1, 0.15) is 45.4 Å². The number of halogens is 2. The number of aromatic nitrogens is 2. The molecule has 9 heteroatoms. The monoisotopic (exact) mass is 486 g/mol. The van der Waals surface area contributed by atoms with Crippen LogP contribution in [-0.4, -0.2) is 48.4 Å². The molecule has 2 aliphatic carbocycles. The number of hydrogen-bond acceptors (Lipinski definition) is 7. The Morgan fingerprint density at radius 1 is 1.21 bits per heavy atom. The van der Waals surface area contributed by atoms with E-state index in [4.69, 9.17) is 16.3 Å². The van der Waals surface area contributed by atoms with Gasteiger partial charge in [-0.25, -0.2) is 9.97 Å². The second kappa shape index (κ2) is 10.9. The largest absolute Gasteiger partial charge is 0.383 e. The van der Waals surface area contributed by atoms with Crippen LogP contribution in [-0.2, 0) is 4.74 Å². The summed E-state index contributed by atoms with van der Waals surface area (Å²) < 4.78 is 19.5. The Balaban J connectivity index is 1.40. The molecule has 2 heterocycles. The number of ether oxygens (including phenoxy) is 1. The number of rotatable bonds is 10. The summed E-state index contributed by atoms with van der Waals surface area (Å²) in [5.74, 6) is 0.148. The molecule has 34 heavy (non-hydrogen) atoms. The highest BCUT2D eigenvalue weighted by Gasteiger charge is 2.43. The lowest BCUT2D eigenvalue weighted by atomic mass is 9.90. The van der Waals surface area contributed by atoms with Crippen molar-refractivity contribution >= 4 is 23.1 Å². The number of methoxy groups -OCH3 is 1. The van der Waals surface area contributed by atoms with Crippen LogP contribution in [0, 0.1) is 22.7 Å². The highest BCUT2D eigenvalue weighted by atomic mass is 35.5. The van der Waals surface area contributed by atoms with Gasteiger partial charge in [-0.15, -0.1) is 0 Å². The van der Waals surface area contributed by atoms with Crippen molar-refractivity contribution in [1.29, 1.82) is 5.26 Å². The smallest absolute Gasteiger partial charge is 0.236 e. The van der Waals surface area contributed by atoms with Crippen molar-refractivity contribution in [2.75, 3.05) is 30.9 Å². The fourth-order valence-electron chi connectivity index (χ4n) is 4.52. The molecule has 2 aromatic heterocycles. The van der Waals surface area contributed by atoms with Gasteiger partial charge >= 0.3 is 0 Å². The topological polar surface area (TPSA) is 94.9 Å². The summed E-state index contributed by atoms with van der Waals surface area (Å²) in [4.78, 5) is 8.36. The third-order valence-electron chi connectivity index (χ3n) is 6.73. The molecule has 0 aromatic carbocycles. The van der Waals surface area contributed by atoms with E-state index in [2.05, 4.69) is 38.9 Å². The average Bonchev–Trinajstić information content (AvgIpc) is 3.62. The Morgan fingerprint density at radius 2 is 1.94 bits per heavy atom. The van der Waals surface area contributed by atoms with Crippen molar-refractivity contribution in [3.63, 3.8) is 0 Å². The first-order chi connectivity index (χ1) is 16.4. The van der Waals surface area contributed by atoms with Gasteiger partial charge in [-0.1, -0.05) is 11.6 Å². The molecular formula is C25H32ClFN6O. The maximum Gasteiger partial charge on any atom is 0.236 e. The minimum atomic E-state index is -0.591. The lowest BCUT2D eigenvalue weighted by molar-refractivity contribution is 0.161. The molecule has 3 N–H and O–H groups in total. The summed E-state index contributed by atoms with van der Waals surface area (Å²) in [5.41, 5.74) is 1.32. The van der Waals surface area contributed by atoms with Gasteiger partial charge in [-0.2, -0.15) is 9.65 Å². The Bertz CT molecular complexity index is 1030. The van der Waals surface area contributed by atoms with Gasteiger partial charge in [0.2, 0.25) is 5.95 Å². The molecule has 2 saturated carbocycles. The third-order valence-corrected chi connectivity index (χ3v) is 7.03. The van der Waals surface area contributed by atoms with E-state index in [1.165, 1.54) is 6.20 Å². The zero-order valence-electron chi connectivity index (χ0n) is 19.7. The highest BCUT2D eigenvalue weighted by Crippen LogP contribution is 2.45. The van der Waals surface area contributed by atoms with Gasteiger partial charge in [0, 0.05) is 55.3 Å². The van der Waals surface area contributed by atoms with E-state index in [1.54, 1.807) is 19.4 Å². The first-order valence-electron chi connectivity index (χ1n) is 11.9. The van der Waals surface area contributed by atoms with E-state index in [0.29, 0.717) is 41.9 Å². The summed E-state index contributed by atoms with van der Waals surface area (Å²) in [6.45, 7) is 3.26. The average molecular weight is 487 g/mol. The van der Waals surface area contributed by atoms with Gasteiger partial charge in [-0.05, 0) is 57.6 Å². The van der Waals surface area contributed by atoms with Crippen molar-refractivity contribution in [1.82, 2.24) is 15.3 Å². The molecule has 0 amide bonds. The van der Waals surface area contributed by atoms with Gasteiger partial charge in [0.05, 0.1) is 28.8 Å². The quantitative estimate of drug-likeness (QED) is 0.407. The molecule has 0 bridgehead atoms. The van der Waals surface area contributed by atoms with E-state index in [1.807, 2.05) is 6.07 Å². The molecule has 4 rings (SSSR count). The minimum Gasteiger partial charge on any atom is -0.383 e. The molecule has 2 fully saturated rings. The number of nitrogens with one attached hydrogen (secondary N) is 3. The van der Waals surface area contributed by atoms with Crippen molar-refractivity contribution in [2.45, 2.75) is 63.6 Å². The molecule has 2 aliphatic rings. The Hall–Kier alpha value is -2.47. The van der Waals surface area contributed by atoms with Crippen LogP contribution in [0.2, 0.25) is 5.02 Å². The number of nitriles is 1. The van der Waals surface area contributed by atoms with Gasteiger partial charge < -0.3 is 20.7 Å². The van der Waals surface area contributed by atoms with E-state index in [9.17, 15) is 9.65 Å². The summed E-state index contributed by atoms with van der Waals surface area (Å²) in [6, 6.07) is 7.08. The predicted molar refractivity (Wildman–Crippen MR) is 132 cm³/mol. The molecule has 1 atom stereocenters. The Labute approximate surface area is 205 Å².